The summed E-state index contributed by atoms with van der Waals surface area (Å²) in [5.74, 6) is -1.36. The van der Waals surface area contributed by atoms with Gasteiger partial charge in [-0.2, -0.15) is 0 Å². The highest BCUT2D eigenvalue weighted by atomic mass is 127. The zero-order chi connectivity index (χ0) is 15.8. The molecular weight excluding hydrogens is 413 g/mol. The van der Waals surface area contributed by atoms with Crippen LogP contribution in [0.15, 0.2) is 35.2 Å². The molecule has 0 saturated carbocycles. The molecule has 0 aliphatic rings. The average molecular weight is 424 g/mol. The minimum atomic E-state index is -4.16. The number of anilines is 2. The Morgan fingerprint density at radius 3 is 2.48 bits per heavy atom. The number of benzene rings is 2. The minimum Gasteiger partial charge on any atom is -0.399 e. The van der Waals surface area contributed by atoms with Crippen LogP contribution in [0, 0.1) is 22.1 Å². The Hall–Kier alpha value is -1.42. The van der Waals surface area contributed by atoms with Crippen LogP contribution in [0.1, 0.15) is 5.56 Å². The monoisotopic (exact) mass is 424 g/mol. The lowest BCUT2D eigenvalue weighted by atomic mass is 10.2. The number of rotatable bonds is 3. The Labute approximate surface area is 134 Å². The van der Waals surface area contributed by atoms with Gasteiger partial charge >= 0.3 is 0 Å². The van der Waals surface area contributed by atoms with Crippen LogP contribution in [-0.2, 0) is 10.0 Å². The fourth-order valence-corrected chi connectivity index (χ4v) is 3.79. The zero-order valence-electron chi connectivity index (χ0n) is 10.8. The molecule has 0 fully saturated rings. The molecule has 4 nitrogen and oxygen atoms in total. The van der Waals surface area contributed by atoms with E-state index in [0.29, 0.717) is 3.57 Å². The number of nitrogens with one attached hydrogen (secondary N) is 1. The fraction of sp³-hybridized carbons (Fsp3) is 0.0769. The summed E-state index contributed by atoms with van der Waals surface area (Å²) in [4.78, 5) is -0.542. The van der Waals surface area contributed by atoms with Gasteiger partial charge in [0.2, 0.25) is 0 Å². The number of aryl methyl sites for hydroxylation is 1. The van der Waals surface area contributed by atoms with Crippen molar-refractivity contribution in [1.82, 2.24) is 0 Å². The predicted octanol–water partition coefficient (Wildman–Crippen LogP) is 3.26. The molecule has 8 heteroatoms. The summed E-state index contributed by atoms with van der Waals surface area (Å²) < 4.78 is 54.1. The van der Waals surface area contributed by atoms with E-state index in [-0.39, 0.29) is 16.9 Å². The highest BCUT2D eigenvalue weighted by molar-refractivity contribution is 14.1. The molecule has 21 heavy (non-hydrogen) atoms. The van der Waals surface area contributed by atoms with E-state index < -0.39 is 26.6 Å². The smallest absolute Gasteiger partial charge is 0.264 e. The molecule has 112 valence electrons. The Kier molecular flexibility index (Phi) is 4.38. The maximum absolute atomic E-state index is 14.0. The van der Waals surface area contributed by atoms with Crippen LogP contribution in [0.3, 0.4) is 0 Å². The zero-order valence-corrected chi connectivity index (χ0v) is 13.8. The molecule has 0 saturated heterocycles. The molecule has 0 amide bonds. The van der Waals surface area contributed by atoms with E-state index in [0.717, 1.165) is 12.1 Å². The van der Waals surface area contributed by atoms with Gasteiger partial charge in [-0.05, 0) is 65.4 Å². The van der Waals surface area contributed by atoms with Gasteiger partial charge in [-0.1, -0.05) is 0 Å². The third-order valence-corrected chi connectivity index (χ3v) is 4.97. The van der Waals surface area contributed by atoms with Gasteiger partial charge in [0.15, 0.2) is 0 Å². The Morgan fingerprint density at radius 2 is 1.86 bits per heavy atom. The second-order valence-corrected chi connectivity index (χ2v) is 7.19. The highest BCUT2D eigenvalue weighted by Gasteiger charge is 2.22. The number of sulfonamides is 1. The van der Waals surface area contributed by atoms with E-state index in [1.54, 1.807) is 22.6 Å². The first kappa shape index (κ1) is 16.0. The van der Waals surface area contributed by atoms with Gasteiger partial charge in [-0.15, -0.1) is 0 Å². The third kappa shape index (κ3) is 3.43. The van der Waals surface area contributed by atoms with Crippen LogP contribution in [0.5, 0.6) is 0 Å². The molecule has 0 radical (unpaired) electrons. The van der Waals surface area contributed by atoms with E-state index in [2.05, 4.69) is 4.72 Å². The van der Waals surface area contributed by atoms with Crippen molar-refractivity contribution in [2.45, 2.75) is 11.8 Å². The topological polar surface area (TPSA) is 72.2 Å². The highest BCUT2D eigenvalue weighted by Crippen LogP contribution is 2.26. The Bertz CT molecular complexity index is 810. The first-order valence-electron chi connectivity index (χ1n) is 5.74. The van der Waals surface area contributed by atoms with Crippen LogP contribution < -0.4 is 10.5 Å². The summed E-state index contributed by atoms with van der Waals surface area (Å²) in [5, 5.41) is 0. The predicted molar refractivity (Wildman–Crippen MR) is 85.5 cm³/mol. The molecule has 2 aromatic rings. The van der Waals surface area contributed by atoms with Gasteiger partial charge in [0, 0.05) is 9.26 Å². The molecule has 0 aliphatic carbocycles. The first-order chi connectivity index (χ1) is 9.70. The Balaban J connectivity index is 2.48. The van der Waals surface area contributed by atoms with E-state index in [1.165, 1.54) is 25.1 Å². The molecule has 0 unspecified atom stereocenters. The van der Waals surface area contributed by atoms with Crippen molar-refractivity contribution < 1.29 is 17.2 Å². The molecular formula is C13H11F2IN2O2S. The number of nitrogen functional groups attached to an aromatic ring is 1. The summed E-state index contributed by atoms with van der Waals surface area (Å²) >= 11 is 1.78. The normalized spacial score (nSPS) is 11.4. The molecule has 0 aliphatic heterocycles. The summed E-state index contributed by atoms with van der Waals surface area (Å²) in [7, 11) is -4.16. The SMILES string of the molecule is Cc1cc(N)cc(S(=O)(=O)Nc2ccc(F)cc2I)c1F. The number of nitrogens with two attached hydrogens (primary N) is 1. The van der Waals surface area contributed by atoms with Crippen molar-refractivity contribution in [1.29, 1.82) is 0 Å². The quantitative estimate of drug-likeness (QED) is 0.587. The van der Waals surface area contributed by atoms with Gasteiger partial charge in [-0.3, -0.25) is 4.72 Å². The van der Waals surface area contributed by atoms with Crippen molar-refractivity contribution in [3.63, 3.8) is 0 Å². The maximum Gasteiger partial charge on any atom is 0.264 e. The lowest BCUT2D eigenvalue weighted by molar-refractivity contribution is 0.565. The fourth-order valence-electron chi connectivity index (χ4n) is 1.73. The van der Waals surface area contributed by atoms with Crippen molar-refractivity contribution in [2.24, 2.45) is 0 Å². The number of hydrogen-bond donors (Lipinski definition) is 2. The molecule has 2 aromatic carbocycles. The van der Waals surface area contributed by atoms with Gasteiger partial charge in [0.25, 0.3) is 10.0 Å². The summed E-state index contributed by atoms with van der Waals surface area (Å²) in [6.07, 6.45) is 0. The lowest BCUT2D eigenvalue weighted by Crippen LogP contribution is -2.16. The van der Waals surface area contributed by atoms with Crippen LogP contribution in [-0.4, -0.2) is 8.42 Å². The summed E-state index contributed by atoms with van der Waals surface area (Å²) in [6.45, 7) is 1.42. The summed E-state index contributed by atoms with van der Waals surface area (Å²) in [6, 6.07) is 5.93. The van der Waals surface area contributed by atoms with Crippen LogP contribution >= 0.6 is 22.6 Å². The average Bonchev–Trinajstić information content (AvgIpc) is 2.37. The molecule has 0 spiro atoms. The van der Waals surface area contributed by atoms with Crippen LogP contribution in [0.2, 0.25) is 0 Å². The molecule has 3 N–H and O–H groups in total. The van der Waals surface area contributed by atoms with Gasteiger partial charge in [-0.25, -0.2) is 17.2 Å². The second kappa shape index (κ2) is 5.76. The van der Waals surface area contributed by atoms with E-state index in [4.69, 9.17) is 5.73 Å². The number of halogens is 3. The van der Waals surface area contributed by atoms with Crippen LogP contribution in [0.4, 0.5) is 20.2 Å². The van der Waals surface area contributed by atoms with Crippen molar-refractivity contribution >= 4 is 44.0 Å². The van der Waals surface area contributed by atoms with E-state index >= 15 is 0 Å². The van der Waals surface area contributed by atoms with Gasteiger partial charge in [0.05, 0.1) is 5.69 Å². The first-order valence-corrected chi connectivity index (χ1v) is 8.30. The molecule has 2 rings (SSSR count). The third-order valence-electron chi connectivity index (χ3n) is 2.71. The number of hydrogen-bond acceptors (Lipinski definition) is 3. The standard InChI is InChI=1S/C13H11F2IN2O2S/c1-7-4-9(17)6-12(13(7)15)21(19,20)18-11-3-2-8(14)5-10(11)16/h2-6,18H,17H2,1H3. The van der Waals surface area contributed by atoms with Crippen molar-refractivity contribution in [2.75, 3.05) is 10.5 Å². The molecule has 0 heterocycles. The molecule has 0 bridgehead atoms. The van der Waals surface area contributed by atoms with Gasteiger partial charge in [0.1, 0.15) is 16.5 Å². The van der Waals surface area contributed by atoms with E-state index in [9.17, 15) is 17.2 Å². The summed E-state index contributed by atoms with van der Waals surface area (Å²) in [5.41, 5.74) is 5.99. The van der Waals surface area contributed by atoms with Gasteiger partial charge < -0.3 is 5.73 Å². The lowest BCUT2D eigenvalue weighted by Gasteiger charge is -2.12. The molecule has 0 aromatic heterocycles. The Morgan fingerprint density at radius 1 is 1.19 bits per heavy atom. The van der Waals surface area contributed by atoms with E-state index in [1.807, 2.05) is 0 Å². The molecule has 0 atom stereocenters. The minimum absolute atomic E-state index is 0.129. The van der Waals surface area contributed by atoms with Crippen molar-refractivity contribution in [3.05, 3.63) is 51.1 Å². The van der Waals surface area contributed by atoms with Crippen LogP contribution in [0.25, 0.3) is 0 Å². The second-order valence-electron chi connectivity index (χ2n) is 4.38. The van der Waals surface area contributed by atoms with Crippen molar-refractivity contribution in [3.8, 4) is 0 Å². The largest absolute Gasteiger partial charge is 0.399 e. The maximum atomic E-state index is 14.0.